The molecule has 0 bridgehead atoms. The Bertz CT molecular complexity index is 952. The quantitative estimate of drug-likeness (QED) is 0.634. The number of aryl methyl sites for hydroxylation is 1. The fourth-order valence-electron chi connectivity index (χ4n) is 3.38. The molecule has 1 aromatic heterocycles. The maximum absolute atomic E-state index is 12.9. The van der Waals surface area contributed by atoms with Gasteiger partial charge in [0.1, 0.15) is 6.20 Å². The SMILES string of the molecule is Cl.Cn1c(=O)cnn(CCCCN2CCN(c3cccc(C(F)(F)F)c3)CC2)c1=O. The third kappa shape index (κ3) is 5.85. The molecule has 0 aliphatic carbocycles. The maximum Gasteiger partial charge on any atom is 0.416 e. The Morgan fingerprint density at radius 2 is 1.70 bits per heavy atom. The van der Waals surface area contributed by atoms with Crippen molar-refractivity contribution in [2.24, 2.45) is 7.05 Å². The Morgan fingerprint density at radius 3 is 2.37 bits per heavy atom. The van der Waals surface area contributed by atoms with E-state index >= 15 is 0 Å². The largest absolute Gasteiger partial charge is 0.416 e. The molecule has 11 heteroatoms. The van der Waals surface area contributed by atoms with Gasteiger partial charge in [0.05, 0.1) is 5.56 Å². The fourth-order valence-corrected chi connectivity index (χ4v) is 3.38. The summed E-state index contributed by atoms with van der Waals surface area (Å²) in [6.07, 6.45) is -1.59. The summed E-state index contributed by atoms with van der Waals surface area (Å²) in [6.45, 7) is 4.17. The number of halogens is 4. The minimum absolute atomic E-state index is 0. The van der Waals surface area contributed by atoms with E-state index in [4.69, 9.17) is 0 Å². The van der Waals surface area contributed by atoms with Gasteiger partial charge in [0.2, 0.25) is 0 Å². The predicted molar refractivity (Wildman–Crippen MR) is 110 cm³/mol. The zero-order valence-corrected chi connectivity index (χ0v) is 17.5. The molecule has 3 rings (SSSR count). The van der Waals surface area contributed by atoms with Crippen LogP contribution >= 0.6 is 12.4 Å². The molecule has 1 aliphatic heterocycles. The lowest BCUT2D eigenvalue weighted by Crippen LogP contribution is -2.46. The Labute approximate surface area is 178 Å². The van der Waals surface area contributed by atoms with Gasteiger partial charge in [-0.3, -0.25) is 14.3 Å². The number of anilines is 1. The van der Waals surface area contributed by atoms with Gasteiger partial charge in [-0.05, 0) is 37.6 Å². The summed E-state index contributed by atoms with van der Waals surface area (Å²) in [5, 5.41) is 3.86. The first-order valence-electron chi connectivity index (χ1n) is 9.53. The van der Waals surface area contributed by atoms with Gasteiger partial charge in [0, 0.05) is 45.5 Å². The second kappa shape index (κ2) is 10.1. The van der Waals surface area contributed by atoms with Crippen molar-refractivity contribution in [1.82, 2.24) is 19.2 Å². The summed E-state index contributed by atoms with van der Waals surface area (Å²) >= 11 is 0. The number of nitrogens with zero attached hydrogens (tertiary/aromatic N) is 5. The van der Waals surface area contributed by atoms with Crippen LogP contribution < -0.4 is 16.1 Å². The fraction of sp³-hybridized carbons (Fsp3) is 0.526. The second-order valence-corrected chi connectivity index (χ2v) is 7.13. The van der Waals surface area contributed by atoms with E-state index < -0.39 is 23.0 Å². The normalized spacial score (nSPS) is 15.1. The molecular weight excluding hydrogens is 423 g/mol. The predicted octanol–water partition coefficient (Wildman–Crippen LogP) is 1.98. The highest BCUT2D eigenvalue weighted by Gasteiger charge is 2.31. The van der Waals surface area contributed by atoms with Crippen LogP contribution in [0.5, 0.6) is 0 Å². The monoisotopic (exact) mass is 447 g/mol. The van der Waals surface area contributed by atoms with Crippen molar-refractivity contribution in [3.05, 3.63) is 56.9 Å². The average molecular weight is 448 g/mol. The zero-order valence-electron chi connectivity index (χ0n) is 16.6. The summed E-state index contributed by atoms with van der Waals surface area (Å²) in [4.78, 5) is 27.5. The van der Waals surface area contributed by atoms with Crippen molar-refractivity contribution >= 4 is 18.1 Å². The van der Waals surface area contributed by atoms with Crippen LogP contribution in [0.1, 0.15) is 18.4 Å². The number of piperazine rings is 1. The molecule has 7 nitrogen and oxygen atoms in total. The number of hydrogen-bond donors (Lipinski definition) is 0. The van der Waals surface area contributed by atoms with Gasteiger partial charge in [-0.2, -0.15) is 18.3 Å². The first-order chi connectivity index (χ1) is 13.8. The molecule has 2 aromatic rings. The van der Waals surface area contributed by atoms with E-state index in [2.05, 4.69) is 10.00 Å². The van der Waals surface area contributed by atoms with Crippen LogP contribution in [0.15, 0.2) is 40.1 Å². The first kappa shape index (κ1) is 23.9. The maximum atomic E-state index is 12.9. The lowest BCUT2D eigenvalue weighted by molar-refractivity contribution is -0.137. The van der Waals surface area contributed by atoms with Crippen LogP contribution in [0.25, 0.3) is 0 Å². The molecule has 30 heavy (non-hydrogen) atoms. The summed E-state index contributed by atoms with van der Waals surface area (Å²) < 4.78 is 41.0. The van der Waals surface area contributed by atoms with E-state index in [-0.39, 0.29) is 12.4 Å². The number of alkyl halides is 3. The van der Waals surface area contributed by atoms with Crippen molar-refractivity contribution in [2.45, 2.75) is 25.6 Å². The summed E-state index contributed by atoms with van der Waals surface area (Å²) in [5.74, 6) is 0. The molecule has 1 saturated heterocycles. The number of benzene rings is 1. The first-order valence-corrected chi connectivity index (χ1v) is 9.53. The van der Waals surface area contributed by atoms with Gasteiger partial charge < -0.3 is 4.90 Å². The molecule has 0 saturated carbocycles. The molecule has 0 radical (unpaired) electrons. The lowest BCUT2D eigenvalue weighted by Gasteiger charge is -2.36. The van der Waals surface area contributed by atoms with Crippen molar-refractivity contribution in [3.8, 4) is 0 Å². The Morgan fingerprint density at radius 1 is 1.03 bits per heavy atom. The van der Waals surface area contributed by atoms with E-state index in [0.29, 0.717) is 25.3 Å². The van der Waals surface area contributed by atoms with Gasteiger partial charge in [-0.15, -0.1) is 12.4 Å². The molecule has 0 atom stereocenters. The lowest BCUT2D eigenvalue weighted by atomic mass is 10.1. The number of rotatable bonds is 6. The minimum Gasteiger partial charge on any atom is -0.369 e. The van der Waals surface area contributed by atoms with Crippen LogP contribution in [0.4, 0.5) is 18.9 Å². The Hall–Kier alpha value is -2.33. The number of aromatic nitrogens is 3. The van der Waals surface area contributed by atoms with E-state index in [1.165, 1.54) is 23.9 Å². The molecule has 2 heterocycles. The molecular formula is C19H25ClF3N5O2. The third-order valence-corrected chi connectivity index (χ3v) is 5.15. The van der Waals surface area contributed by atoms with Crippen LogP contribution in [-0.4, -0.2) is 52.0 Å². The zero-order chi connectivity index (χ0) is 21.0. The standard InChI is InChI=1S/C19H24F3N5O2.ClH/c1-24-17(28)14-23-27(18(24)29)8-3-2-7-25-9-11-26(12-10-25)16-6-4-5-15(13-16)19(20,21)22;/h4-6,13-14H,2-3,7-12H2,1H3;1H. The molecule has 0 spiro atoms. The third-order valence-electron chi connectivity index (χ3n) is 5.15. The summed E-state index contributed by atoms with van der Waals surface area (Å²) in [7, 11) is 1.42. The molecule has 0 amide bonds. The average Bonchev–Trinajstić information content (AvgIpc) is 2.71. The summed E-state index contributed by atoms with van der Waals surface area (Å²) in [6, 6.07) is 5.45. The van der Waals surface area contributed by atoms with Gasteiger partial charge in [-0.25, -0.2) is 9.48 Å². The highest BCUT2D eigenvalue weighted by molar-refractivity contribution is 5.85. The highest BCUT2D eigenvalue weighted by Crippen LogP contribution is 2.31. The molecule has 1 aliphatic rings. The molecule has 1 fully saturated rings. The van der Waals surface area contributed by atoms with Gasteiger partial charge >= 0.3 is 11.9 Å². The van der Waals surface area contributed by atoms with Crippen molar-refractivity contribution in [3.63, 3.8) is 0 Å². The minimum atomic E-state index is -4.33. The van der Waals surface area contributed by atoms with E-state index in [0.717, 1.165) is 49.3 Å². The molecule has 0 unspecified atom stereocenters. The Kier molecular flexibility index (Phi) is 8.08. The topological polar surface area (TPSA) is 63.4 Å². The Balaban J connectivity index is 0.00000320. The van der Waals surface area contributed by atoms with Crippen molar-refractivity contribution in [1.29, 1.82) is 0 Å². The van der Waals surface area contributed by atoms with E-state index in [9.17, 15) is 22.8 Å². The second-order valence-electron chi connectivity index (χ2n) is 7.13. The van der Waals surface area contributed by atoms with Gasteiger partial charge in [0.25, 0.3) is 5.56 Å². The highest BCUT2D eigenvalue weighted by atomic mass is 35.5. The molecule has 0 N–H and O–H groups in total. The smallest absolute Gasteiger partial charge is 0.369 e. The van der Waals surface area contributed by atoms with Crippen LogP contribution in [0.3, 0.4) is 0 Å². The van der Waals surface area contributed by atoms with E-state index in [1.807, 2.05) is 4.90 Å². The van der Waals surface area contributed by atoms with Gasteiger partial charge in [-0.1, -0.05) is 6.07 Å². The van der Waals surface area contributed by atoms with Gasteiger partial charge in [0.15, 0.2) is 0 Å². The van der Waals surface area contributed by atoms with Crippen LogP contribution in [0.2, 0.25) is 0 Å². The van der Waals surface area contributed by atoms with Crippen molar-refractivity contribution < 1.29 is 13.2 Å². The number of hydrogen-bond acceptors (Lipinski definition) is 5. The molecule has 166 valence electrons. The summed E-state index contributed by atoms with van der Waals surface area (Å²) in [5.41, 5.74) is -0.878. The van der Waals surface area contributed by atoms with Crippen LogP contribution in [-0.2, 0) is 19.8 Å². The number of unbranched alkanes of at least 4 members (excludes halogenated alkanes) is 1. The van der Waals surface area contributed by atoms with Crippen molar-refractivity contribution in [2.75, 3.05) is 37.6 Å². The van der Waals surface area contributed by atoms with Crippen LogP contribution in [0, 0.1) is 0 Å². The van der Waals surface area contributed by atoms with E-state index in [1.54, 1.807) is 6.07 Å². The molecule has 1 aromatic carbocycles.